The van der Waals surface area contributed by atoms with E-state index in [1.807, 2.05) is 24.3 Å². The van der Waals surface area contributed by atoms with Crippen LogP contribution in [0.1, 0.15) is 22.8 Å². The van der Waals surface area contributed by atoms with Crippen LogP contribution < -0.4 is 10.6 Å². The molecule has 3 rings (SSSR count). The Hall–Kier alpha value is -3.12. The van der Waals surface area contributed by atoms with Gasteiger partial charge in [0, 0.05) is 29.5 Å². The first kappa shape index (κ1) is 17.7. The van der Waals surface area contributed by atoms with Gasteiger partial charge in [0.2, 0.25) is 5.91 Å². The SMILES string of the molecule is CC(=O)Nc1ccc(NC(=O)c2cnn(Cc3ccccc3Cl)c2)cc1. The molecule has 1 heterocycles. The number of nitrogens with one attached hydrogen (secondary N) is 2. The Kier molecular flexibility index (Phi) is 5.34. The number of anilines is 2. The van der Waals surface area contributed by atoms with Crippen molar-refractivity contribution in [1.82, 2.24) is 9.78 Å². The van der Waals surface area contributed by atoms with E-state index in [0.29, 0.717) is 28.5 Å². The van der Waals surface area contributed by atoms with Crippen molar-refractivity contribution < 1.29 is 9.59 Å². The quantitative estimate of drug-likeness (QED) is 0.719. The van der Waals surface area contributed by atoms with Crippen LogP contribution in [0.5, 0.6) is 0 Å². The first-order chi connectivity index (χ1) is 12.5. The molecule has 0 radical (unpaired) electrons. The third-order valence-electron chi connectivity index (χ3n) is 3.65. The molecule has 26 heavy (non-hydrogen) atoms. The van der Waals surface area contributed by atoms with Gasteiger partial charge < -0.3 is 10.6 Å². The number of aromatic nitrogens is 2. The summed E-state index contributed by atoms with van der Waals surface area (Å²) in [7, 11) is 0. The second-order valence-corrected chi connectivity index (χ2v) is 6.14. The van der Waals surface area contributed by atoms with Gasteiger partial charge in [-0.1, -0.05) is 29.8 Å². The molecule has 0 spiro atoms. The van der Waals surface area contributed by atoms with Gasteiger partial charge in [0.15, 0.2) is 0 Å². The minimum atomic E-state index is -0.261. The van der Waals surface area contributed by atoms with Gasteiger partial charge in [0.1, 0.15) is 0 Å². The fraction of sp³-hybridized carbons (Fsp3) is 0.105. The van der Waals surface area contributed by atoms with E-state index in [1.54, 1.807) is 35.1 Å². The van der Waals surface area contributed by atoms with Crippen LogP contribution in [0.2, 0.25) is 5.02 Å². The number of halogens is 1. The average Bonchev–Trinajstić information content (AvgIpc) is 3.07. The second kappa shape index (κ2) is 7.84. The topological polar surface area (TPSA) is 76.0 Å². The fourth-order valence-electron chi connectivity index (χ4n) is 2.41. The predicted molar refractivity (Wildman–Crippen MR) is 101 cm³/mol. The highest BCUT2D eigenvalue weighted by atomic mass is 35.5. The highest BCUT2D eigenvalue weighted by Crippen LogP contribution is 2.17. The molecule has 0 fully saturated rings. The Morgan fingerprint density at radius 1 is 1.04 bits per heavy atom. The number of hydrogen-bond donors (Lipinski definition) is 2. The largest absolute Gasteiger partial charge is 0.326 e. The first-order valence-electron chi connectivity index (χ1n) is 7.96. The van der Waals surface area contributed by atoms with Gasteiger partial charge in [-0.15, -0.1) is 0 Å². The molecule has 2 amide bonds. The monoisotopic (exact) mass is 368 g/mol. The number of rotatable bonds is 5. The third kappa shape index (κ3) is 4.49. The molecular formula is C19H17ClN4O2. The van der Waals surface area contributed by atoms with Crippen molar-refractivity contribution in [3.8, 4) is 0 Å². The predicted octanol–water partition coefficient (Wildman–Crippen LogP) is 3.80. The molecule has 6 nitrogen and oxygen atoms in total. The normalized spacial score (nSPS) is 10.4. The van der Waals surface area contributed by atoms with Crippen LogP contribution in [0.15, 0.2) is 60.9 Å². The molecule has 0 atom stereocenters. The van der Waals surface area contributed by atoms with Crippen LogP contribution >= 0.6 is 11.6 Å². The van der Waals surface area contributed by atoms with Gasteiger partial charge in [0.25, 0.3) is 5.91 Å². The van der Waals surface area contributed by atoms with Crippen molar-refractivity contribution in [2.24, 2.45) is 0 Å². The lowest BCUT2D eigenvalue weighted by Gasteiger charge is -2.06. The van der Waals surface area contributed by atoms with Gasteiger partial charge in [-0.05, 0) is 35.9 Å². The second-order valence-electron chi connectivity index (χ2n) is 5.73. The van der Waals surface area contributed by atoms with Gasteiger partial charge in [-0.25, -0.2) is 0 Å². The summed E-state index contributed by atoms with van der Waals surface area (Å²) in [6.07, 6.45) is 3.18. The lowest BCUT2D eigenvalue weighted by Crippen LogP contribution is -2.11. The molecular weight excluding hydrogens is 352 g/mol. The summed E-state index contributed by atoms with van der Waals surface area (Å²) in [6.45, 7) is 1.92. The zero-order valence-electron chi connectivity index (χ0n) is 14.1. The van der Waals surface area contributed by atoms with Crippen molar-refractivity contribution >= 4 is 34.8 Å². The molecule has 0 aliphatic heterocycles. The Bertz CT molecular complexity index is 935. The van der Waals surface area contributed by atoms with Crippen molar-refractivity contribution in [1.29, 1.82) is 0 Å². The molecule has 2 aromatic carbocycles. The maximum absolute atomic E-state index is 12.3. The van der Waals surface area contributed by atoms with Gasteiger partial charge in [-0.2, -0.15) is 5.10 Å². The molecule has 0 aliphatic carbocycles. The van der Waals surface area contributed by atoms with Crippen LogP contribution in [0.25, 0.3) is 0 Å². The summed E-state index contributed by atoms with van der Waals surface area (Å²) in [5.41, 5.74) is 2.67. The minimum Gasteiger partial charge on any atom is -0.326 e. The van der Waals surface area contributed by atoms with Crippen LogP contribution in [0, 0.1) is 0 Å². The van der Waals surface area contributed by atoms with Gasteiger partial charge >= 0.3 is 0 Å². The van der Waals surface area contributed by atoms with Crippen molar-refractivity contribution in [3.05, 3.63) is 77.1 Å². The molecule has 0 bridgehead atoms. The highest BCUT2D eigenvalue weighted by Gasteiger charge is 2.10. The number of benzene rings is 2. The summed E-state index contributed by atoms with van der Waals surface area (Å²) in [6, 6.07) is 14.4. The van der Waals surface area contributed by atoms with Crippen molar-refractivity contribution in [2.75, 3.05) is 10.6 Å². The van der Waals surface area contributed by atoms with E-state index in [2.05, 4.69) is 15.7 Å². The molecule has 1 aromatic heterocycles. The number of nitrogens with zero attached hydrogens (tertiary/aromatic N) is 2. The van der Waals surface area contributed by atoms with Crippen LogP contribution in [-0.2, 0) is 11.3 Å². The van der Waals surface area contributed by atoms with E-state index in [4.69, 9.17) is 11.6 Å². The van der Waals surface area contributed by atoms with Gasteiger partial charge in [0.05, 0.1) is 18.3 Å². The Morgan fingerprint density at radius 3 is 2.35 bits per heavy atom. The van der Waals surface area contributed by atoms with E-state index < -0.39 is 0 Å². The van der Waals surface area contributed by atoms with Crippen molar-refractivity contribution in [2.45, 2.75) is 13.5 Å². The maximum Gasteiger partial charge on any atom is 0.258 e. The Morgan fingerprint density at radius 2 is 1.69 bits per heavy atom. The standard InChI is InChI=1S/C19H17ClN4O2/c1-13(25)22-16-6-8-17(9-7-16)23-19(26)15-10-21-24(12-15)11-14-4-2-3-5-18(14)20/h2-10,12H,11H2,1H3,(H,22,25)(H,23,26). The summed E-state index contributed by atoms with van der Waals surface area (Å²) in [5.74, 6) is -0.407. The molecule has 0 unspecified atom stereocenters. The highest BCUT2D eigenvalue weighted by molar-refractivity contribution is 6.31. The van der Waals surface area contributed by atoms with Gasteiger partial charge in [-0.3, -0.25) is 14.3 Å². The van der Waals surface area contributed by atoms with E-state index in [0.717, 1.165) is 5.56 Å². The lowest BCUT2D eigenvalue weighted by atomic mass is 10.2. The lowest BCUT2D eigenvalue weighted by molar-refractivity contribution is -0.114. The zero-order valence-corrected chi connectivity index (χ0v) is 14.8. The van der Waals surface area contributed by atoms with Crippen molar-refractivity contribution in [3.63, 3.8) is 0 Å². The Labute approximate surface area is 155 Å². The first-order valence-corrected chi connectivity index (χ1v) is 8.34. The summed E-state index contributed by atoms with van der Waals surface area (Å²) < 4.78 is 1.66. The molecule has 0 aliphatic rings. The zero-order chi connectivity index (χ0) is 18.5. The summed E-state index contributed by atoms with van der Waals surface area (Å²) >= 11 is 6.15. The van der Waals surface area contributed by atoms with E-state index in [9.17, 15) is 9.59 Å². The number of amides is 2. The number of carbonyl (C=O) groups is 2. The Balaban J connectivity index is 1.64. The molecule has 132 valence electrons. The van der Waals surface area contributed by atoms with E-state index in [1.165, 1.54) is 13.1 Å². The molecule has 3 aromatic rings. The third-order valence-corrected chi connectivity index (χ3v) is 4.02. The van der Waals surface area contributed by atoms with Crippen LogP contribution in [0.3, 0.4) is 0 Å². The molecule has 2 N–H and O–H groups in total. The number of carbonyl (C=O) groups excluding carboxylic acids is 2. The molecule has 0 saturated heterocycles. The summed E-state index contributed by atoms with van der Waals surface area (Å²) in [4.78, 5) is 23.4. The smallest absolute Gasteiger partial charge is 0.258 e. The fourth-order valence-corrected chi connectivity index (χ4v) is 2.61. The van der Waals surface area contributed by atoms with Crippen LogP contribution in [0.4, 0.5) is 11.4 Å². The molecule has 7 heteroatoms. The maximum atomic E-state index is 12.3. The minimum absolute atomic E-state index is 0.146. The van der Waals surface area contributed by atoms with Crippen LogP contribution in [-0.4, -0.2) is 21.6 Å². The van der Waals surface area contributed by atoms with E-state index in [-0.39, 0.29) is 11.8 Å². The average molecular weight is 369 g/mol. The molecule has 0 saturated carbocycles. The summed E-state index contributed by atoms with van der Waals surface area (Å²) in [5, 5.41) is 10.3. The number of hydrogen-bond acceptors (Lipinski definition) is 3. The van der Waals surface area contributed by atoms with E-state index >= 15 is 0 Å².